The van der Waals surface area contributed by atoms with Crippen LogP contribution < -0.4 is 20.5 Å². The van der Waals surface area contributed by atoms with Gasteiger partial charge in [0.05, 0.1) is 20.3 Å². The molecule has 2 aromatic rings. The van der Waals surface area contributed by atoms with Crippen molar-refractivity contribution in [1.82, 2.24) is 0 Å². The SMILES string of the molecule is COc1ccc(OC)c(C(CN)Nc2cccc(Cl)c2)c1. The fraction of sp³-hybridized carbons (Fsp3) is 0.250. The Balaban J connectivity index is 2.32. The standard InChI is InChI=1S/C16H19ClN2O2/c1-20-13-6-7-16(21-2)14(9-13)15(10-18)19-12-5-3-4-11(17)8-12/h3-9,15,19H,10,18H2,1-2H3. The number of methoxy groups -OCH3 is 2. The highest BCUT2D eigenvalue weighted by Crippen LogP contribution is 2.31. The van der Waals surface area contributed by atoms with Crippen LogP contribution in [0.4, 0.5) is 5.69 Å². The van der Waals surface area contributed by atoms with E-state index in [1.807, 2.05) is 42.5 Å². The second kappa shape index (κ2) is 7.20. The van der Waals surface area contributed by atoms with E-state index in [0.717, 1.165) is 22.7 Å². The molecule has 0 spiro atoms. The van der Waals surface area contributed by atoms with Gasteiger partial charge in [0.1, 0.15) is 11.5 Å². The van der Waals surface area contributed by atoms with Gasteiger partial charge in [0.2, 0.25) is 0 Å². The van der Waals surface area contributed by atoms with Crippen LogP contribution in [0, 0.1) is 0 Å². The van der Waals surface area contributed by atoms with Crippen molar-refractivity contribution in [1.29, 1.82) is 0 Å². The number of halogens is 1. The Hall–Kier alpha value is -1.91. The van der Waals surface area contributed by atoms with E-state index in [9.17, 15) is 0 Å². The summed E-state index contributed by atoms with van der Waals surface area (Å²) in [4.78, 5) is 0. The highest BCUT2D eigenvalue weighted by atomic mass is 35.5. The van der Waals surface area contributed by atoms with E-state index in [1.165, 1.54) is 0 Å². The normalized spacial score (nSPS) is 11.8. The maximum absolute atomic E-state index is 6.01. The molecule has 0 amide bonds. The molecule has 0 saturated heterocycles. The van der Waals surface area contributed by atoms with Crippen molar-refractivity contribution in [2.45, 2.75) is 6.04 Å². The van der Waals surface area contributed by atoms with E-state index in [4.69, 9.17) is 26.8 Å². The minimum Gasteiger partial charge on any atom is -0.497 e. The molecule has 0 aliphatic heterocycles. The van der Waals surface area contributed by atoms with Gasteiger partial charge in [-0.25, -0.2) is 0 Å². The van der Waals surface area contributed by atoms with Crippen LogP contribution in [-0.2, 0) is 0 Å². The lowest BCUT2D eigenvalue weighted by molar-refractivity contribution is 0.396. The number of hydrogen-bond donors (Lipinski definition) is 2. The molecule has 21 heavy (non-hydrogen) atoms. The predicted molar refractivity (Wildman–Crippen MR) is 86.4 cm³/mol. The summed E-state index contributed by atoms with van der Waals surface area (Å²) in [5.74, 6) is 1.53. The summed E-state index contributed by atoms with van der Waals surface area (Å²) in [6.07, 6.45) is 0. The van der Waals surface area contributed by atoms with Gasteiger partial charge in [0.15, 0.2) is 0 Å². The van der Waals surface area contributed by atoms with Gasteiger partial charge in [0.25, 0.3) is 0 Å². The van der Waals surface area contributed by atoms with Crippen molar-refractivity contribution in [3.8, 4) is 11.5 Å². The Bertz CT molecular complexity index is 605. The number of hydrogen-bond acceptors (Lipinski definition) is 4. The third-order valence-corrected chi connectivity index (χ3v) is 3.45. The van der Waals surface area contributed by atoms with Crippen LogP contribution in [0.5, 0.6) is 11.5 Å². The summed E-state index contributed by atoms with van der Waals surface area (Å²) < 4.78 is 10.7. The lowest BCUT2D eigenvalue weighted by Gasteiger charge is -2.21. The zero-order valence-corrected chi connectivity index (χ0v) is 12.9. The quantitative estimate of drug-likeness (QED) is 0.858. The van der Waals surface area contributed by atoms with Crippen molar-refractivity contribution in [3.63, 3.8) is 0 Å². The average molecular weight is 307 g/mol. The first-order valence-electron chi connectivity index (χ1n) is 6.62. The minimum absolute atomic E-state index is 0.103. The molecule has 0 radical (unpaired) electrons. The molecule has 2 aromatic carbocycles. The molecule has 4 nitrogen and oxygen atoms in total. The van der Waals surface area contributed by atoms with Crippen molar-refractivity contribution < 1.29 is 9.47 Å². The molecule has 0 aliphatic rings. The van der Waals surface area contributed by atoms with Crippen molar-refractivity contribution in [2.24, 2.45) is 5.73 Å². The van der Waals surface area contributed by atoms with Crippen molar-refractivity contribution >= 4 is 17.3 Å². The predicted octanol–water partition coefficient (Wildman–Crippen LogP) is 3.47. The molecule has 0 heterocycles. The highest BCUT2D eigenvalue weighted by molar-refractivity contribution is 6.30. The van der Waals surface area contributed by atoms with Crippen LogP contribution >= 0.6 is 11.6 Å². The maximum Gasteiger partial charge on any atom is 0.124 e. The Kier molecular flexibility index (Phi) is 5.31. The largest absolute Gasteiger partial charge is 0.497 e. The molecule has 0 bridgehead atoms. The van der Waals surface area contributed by atoms with Crippen LogP contribution in [0.3, 0.4) is 0 Å². The summed E-state index contributed by atoms with van der Waals surface area (Å²) in [5, 5.41) is 4.04. The smallest absolute Gasteiger partial charge is 0.124 e. The van der Waals surface area contributed by atoms with Crippen LogP contribution in [-0.4, -0.2) is 20.8 Å². The summed E-state index contributed by atoms with van der Waals surface area (Å²) >= 11 is 6.01. The van der Waals surface area contributed by atoms with Gasteiger partial charge in [-0.1, -0.05) is 17.7 Å². The molecule has 1 atom stereocenters. The molecule has 112 valence electrons. The zero-order chi connectivity index (χ0) is 15.2. The summed E-state index contributed by atoms with van der Waals surface area (Å²) in [6.45, 7) is 0.413. The number of nitrogens with two attached hydrogens (primary N) is 1. The van der Waals surface area contributed by atoms with Crippen molar-refractivity contribution in [3.05, 3.63) is 53.1 Å². The van der Waals surface area contributed by atoms with E-state index in [2.05, 4.69) is 5.32 Å². The fourth-order valence-corrected chi connectivity index (χ4v) is 2.35. The summed E-state index contributed by atoms with van der Waals surface area (Å²) in [7, 11) is 3.27. The Labute approximate surface area is 129 Å². The van der Waals surface area contributed by atoms with Gasteiger partial charge in [-0.3, -0.25) is 0 Å². The first-order chi connectivity index (χ1) is 10.2. The molecular weight excluding hydrogens is 288 g/mol. The average Bonchev–Trinajstić information content (AvgIpc) is 2.52. The Morgan fingerprint density at radius 2 is 1.95 bits per heavy atom. The molecule has 0 saturated carbocycles. The molecule has 0 fully saturated rings. The Morgan fingerprint density at radius 3 is 2.57 bits per heavy atom. The second-order valence-corrected chi connectivity index (χ2v) is 4.99. The lowest BCUT2D eigenvalue weighted by atomic mass is 10.0. The first kappa shape index (κ1) is 15.5. The monoisotopic (exact) mass is 306 g/mol. The molecule has 1 unspecified atom stereocenters. The number of rotatable bonds is 6. The third kappa shape index (κ3) is 3.80. The molecular formula is C16H19ClN2O2. The lowest BCUT2D eigenvalue weighted by Crippen LogP contribution is -2.21. The fourth-order valence-electron chi connectivity index (χ4n) is 2.15. The van der Waals surface area contributed by atoms with Crippen LogP contribution in [0.1, 0.15) is 11.6 Å². The minimum atomic E-state index is -0.103. The van der Waals surface area contributed by atoms with Gasteiger partial charge in [-0.15, -0.1) is 0 Å². The van der Waals surface area contributed by atoms with Gasteiger partial charge >= 0.3 is 0 Å². The second-order valence-electron chi connectivity index (χ2n) is 4.55. The van der Waals surface area contributed by atoms with Gasteiger partial charge in [-0.05, 0) is 36.4 Å². The number of nitrogens with one attached hydrogen (secondary N) is 1. The van der Waals surface area contributed by atoms with E-state index < -0.39 is 0 Å². The van der Waals surface area contributed by atoms with E-state index in [-0.39, 0.29) is 6.04 Å². The molecule has 3 N–H and O–H groups in total. The highest BCUT2D eigenvalue weighted by Gasteiger charge is 2.16. The summed E-state index contributed by atoms with van der Waals surface area (Å²) in [5.41, 5.74) is 7.76. The number of anilines is 1. The first-order valence-corrected chi connectivity index (χ1v) is 6.99. The summed E-state index contributed by atoms with van der Waals surface area (Å²) in [6, 6.07) is 13.1. The number of benzene rings is 2. The number of ether oxygens (including phenoxy) is 2. The molecule has 0 aliphatic carbocycles. The Morgan fingerprint density at radius 1 is 1.14 bits per heavy atom. The van der Waals surface area contributed by atoms with Crippen LogP contribution in [0.25, 0.3) is 0 Å². The third-order valence-electron chi connectivity index (χ3n) is 3.21. The molecule has 0 aromatic heterocycles. The van der Waals surface area contributed by atoms with Gasteiger partial charge in [-0.2, -0.15) is 0 Å². The van der Waals surface area contributed by atoms with Gasteiger partial charge in [0, 0.05) is 22.8 Å². The molecule has 5 heteroatoms. The van der Waals surface area contributed by atoms with E-state index in [1.54, 1.807) is 14.2 Å². The van der Waals surface area contributed by atoms with E-state index in [0.29, 0.717) is 11.6 Å². The van der Waals surface area contributed by atoms with Crippen LogP contribution in [0.2, 0.25) is 5.02 Å². The van der Waals surface area contributed by atoms with E-state index >= 15 is 0 Å². The van der Waals surface area contributed by atoms with Crippen molar-refractivity contribution in [2.75, 3.05) is 26.1 Å². The van der Waals surface area contributed by atoms with Crippen LogP contribution in [0.15, 0.2) is 42.5 Å². The molecule has 2 rings (SSSR count). The zero-order valence-electron chi connectivity index (χ0n) is 12.1. The topological polar surface area (TPSA) is 56.5 Å². The maximum atomic E-state index is 6.01. The van der Waals surface area contributed by atoms with Gasteiger partial charge < -0.3 is 20.5 Å².